The molecule has 3 heteroatoms. The van der Waals surface area contributed by atoms with E-state index in [2.05, 4.69) is 18.7 Å². The van der Waals surface area contributed by atoms with Crippen molar-refractivity contribution in [2.24, 2.45) is 29.4 Å². The van der Waals surface area contributed by atoms with Crippen molar-refractivity contribution in [3.63, 3.8) is 0 Å². The van der Waals surface area contributed by atoms with Gasteiger partial charge in [0.1, 0.15) is 0 Å². The molecule has 1 saturated heterocycles. The second-order valence-electron chi connectivity index (χ2n) is 7.08. The Morgan fingerprint density at radius 1 is 1.16 bits per heavy atom. The second-order valence-corrected chi connectivity index (χ2v) is 7.08. The summed E-state index contributed by atoms with van der Waals surface area (Å²) in [5.41, 5.74) is 6.41. The van der Waals surface area contributed by atoms with Gasteiger partial charge in [-0.05, 0) is 62.4 Å². The zero-order chi connectivity index (χ0) is 13.8. The average molecular weight is 268 g/mol. The first-order valence-corrected chi connectivity index (χ1v) is 8.07. The SMILES string of the molecule is COCC1CCN(CC2C(C)CC(C)CC2N)CC1. The number of ether oxygens (including phenoxy) is 1. The highest BCUT2D eigenvalue weighted by atomic mass is 16.5. The van der Waals surface area contributed by atoms with Gasteiger partial charge in [0.05, 0.1) is 0 Å². The first kappa shape index (κ1) is 15.3. The van der Waals surface area contributed by atoms with Crippen molar-refractivity contribution in [1.29, 1.82) is 0 Å². The number of piperidine rings is 1. The van der Waals surface area contributed by atoms with Gasteiger partial charge in [-0.15, -0.1) is 0 Å². The van der Waals surface area contributed by atoms with Crippen molar-refractivity contribution in [3.05, 3.63) is 0 Å². The molecule has 0 bridgehead atoms. The molecule has 2 aliphatic rings. The van der Waals surface area contributed by atoms with Crippen LogP contribution in [-0.2, 0) is 4.74 Å². The highest BCUT2D eigenvalue weighted by Crippen LogP contribution is 2.34. The number of methoxy groups -OCH3 is 1. The van der Waals surface area contributed by atoms with E-state index in [0.29, 0.717) is 12.0 Å². The van der Waals surface area contributed by atoms with Gasteiger partial charge in [0.15, 0.2) is 0 Å². The smallest absolute Gasteiger partial charge is 0.0491 e. The Kier molecular flexibility index (Phi) is 5.67. The second kappa shape index (κ2) is 7.05. The number of hydrogen-bond donors (Lipinski definition) is 1. The van der Waals surface area contributed by atoms with Crippen LogP contribution in [-0.4, -0.2) is 44.3 Å². The fourth-order valence-electron chi connectivity index (χ4n) is 4.15. The molecule has 3 nitrogen and oxygen atoms in total. The van der Waals surface area contributed by atoms with E-state index in [0.717, 1.165) is 24.4 Å². The van der Waals surface area contributed by atoms with Gasteiger partial charge in [0.25, 0.3) is 0 Å². The van der Waals surface area contributed by atoms with E-state index in [9.17, 15) is 0 Å². The molecule has 1 heterocycles. The number of hydrogen-bond acceptors (Lipinski definition) is 3. The molecule has 1 saturated carbocycles. The maximum atomic E-state index is 6.41. The Bertz CT molecular complexity index is 251. The lowest BCUT2D eigenvalue weighted by atomic mass is 9.72. The molecule has 0 spiro atoms. The molecule has 1 aliphatic heterocycles. The van der Waals surface area contributed by atoms with Gasteiger partial charge in [-0.25, -0.2) is 0 Å². The summed E-state index contributed by atoms with van der Waals surface area (Å²) in [5, 5.41) is 0. The maximum absolute atomic E-state index is 6.41. The average Bonchev–Trinajstić information content (AvgIpc) is 2.36. The largest absolute Gasteiger partial charge is 0.384 e. The standard InChI is InChI=1S/C16H32N2O/c1-12-8-13(2)15(16(17)9-12)10-18-6-4-14(5-7-18)11-19-3/h12-16H,4-11,17H2,1-3H3. The lowest BCUT2D eigenvalue weighted by molar-refractivity contribution is 0.0693. The molecule has 19 heavy (non-hydrogen) atoms. The van der Waals surface area contributed by atoms with Crippen LogP contribution in [0.4, 0.5) is 0 Å². The van der Waals surface area contributed by atoms with Gasteiger partial charge >= 0.3 is 0 Å². The third kappa shape index (κ3) is 4.17. The summed E-state index contributed by atoms with van der Waals surface area (Å²) in [5.74, 6) is 3.08. The summed E-state index contributed by atoms with van der Waals surface area (Å²) < 4.78 is 5.27. The maximum Gasteiger partial charge on any atom is 0.0491 e. The van der Waals surface area contributed by atoms with E-state index >= 15 is 0 Å². The van der Waals surface area contributed by atoms with E-state index < -0.39 is 0 Å². The molecule has 2 N–H and O–H groups in total. The normalized spacial score (nSPS) is 38.5. The summed E-state index contributed by atoms with van der Waals surface area (Å²) >= 11 is 0. The molecule has 0 amide bonds. The number of nitrogens with zero attached hydrogens (tertiary/aromatic N) is 1. The minimum absolute atomic E-state index is 0.412. The molecule has 0 aromatic heterocycles. The van der Waals surface area contributed by atoms with Crippen LogP contribution in [0.25, 0.3) is 0 Å². The zero-order valence-corrected chi connectivity index (χ0v) is 13.0. The van der Waals surface area contributed by atoms with Crippen molar-refractivity contribution in [2.45, 2.75) is 45.6 Å². The van der Waals surface area contributed by atoms with Crippen LogP contribution in [0.5, 0.6) is 0 Å². The van der Waals surface area contributed by atoms with Crippen molar-refractivity contribution in [2.75, 3.05) is 33.4 Å². The van der Waals surface area contributed by atoms with E-state index in [1.54, 1.807) is 0 Å². The molecule has 112 valence electrons. The quantitative estimate of drug-likeness (QED) is 0.850. The lowest BCUT2D eigenvalue weighted by Crippen LogP contribution is -2.48. The Labute approximate surface area is 118 Å². The van der Waals surface area contributed by atoms with E-state index in [4.69, 9.17) is 10.5 Å². The Morgan fingerprint density at radius 3 is 2.42 bits per heavy atom. The molecule has 2 fully saturated rings. The summed E-state index contributed by atoms with van der Waals surface area (Å²) in [4.78, 5) is 2.64. The third-order valence-electron chi connectivity index (χ3n) is 5.31. The van der Waals surface area contributed by atoms with Gasteiger partial charge < -0.3 is 15.4 Å². The van der Waals surface area contributed by atoms with E-state index in [1.807, 2.05) is 7.11 Å². The van der Waals surface area contributed by atoms with Crippen LogP contribution in [0, 0.1) is 23.7 Å². The molecule has 1 aliphatic carbocycles. The number of nitrogens with two attached hydrogens (primary N) is 1. The molecular formula is C16H32N2O. The Hall–Kier alpha value is -0.120. The summed E-state index contributed by atoms with van der Waals surface area (Å²) in [6.07, 6.45) is 5.16. The lowest BCUT2D eigenvalue weighted by Gasteiger charge is -2.42. The van der Waals surface area contributed by atoms with Gasteiger partial charge in [0.2, 0.25) is 0 Å². The van der Waals surface area contributed by atoms with Crippen LogP contribution in [0.1, 0.15) is 39.5 Å². The first-order valence-electron chi connectivity index (χ1n) is 8.07. The van der Waals surface area contributed by atoms with Crippen molar-refractivity contribution in [1.82, 2.24) is 4.90 Å². The highest BCUT2D eigenvalue weighted by molar-refractivity contribution is 4.88. The molecule has 0 aromatic carbocycles. The fraction of sp³-hybridized carbons (Fsp3) is 1.00. The molecule has 0 aromatic rings. The van der Waals surface area contributed by atoms with Crippen molar-refractivity contribution >= 4 is 0 Å². The minimum Gasteiger partial charge on any atom is -0.384 e. The third-order valence-corrected chi connectivity index (χ3v) is 5.31. The van der Waals surface area contributed by atoms with Crippen molar-refractivity contribution < 1.29 is 4.74 Å². The van der Waals surface area contributed by atoms with Gasteiger partial charge in [-0.1, -0.05) is 13.8 Å². The molecule has 4 unspecified atom stereocenters. The van der Waals surface area contributed by atoms with Crippen LogP contribution in [0.3, 0.4) is 0 Å². The fourth-order valence-corrected chi connectivity index (χ4v) is 4.15. The Morgan fingerprint density at radius 2 is 1.84 bits per heavy atom. The molecule has 2 rings (SSSR count). The van der Waals surface area contributed by atoms with Crippen LogP contribution >= 0.6 is 0 Å². The number of likely N-dealkylation sites (tertiary alicyclic amines) is 1. The zero-order valence-electron chi connectivity index (χ0n) is 13.0. The summed E-state index contributed by atoms with van der Waals surface area (Å²) in [6.45, 7) is 9.37. The monoisotopic (exact) mass is 268 g/mol. The topological polar surface area (TPSA) is 38.5 Å². The molecule has 0 radical (unpaired) electrons. The van der Waals surface area contributed by atoms with E-state index in [1.165, 1.54) is 45.3 Å². The van der Waals surface area contributed by atoms with Crippen LogP contribution in [0.15, 0.2) is 0 Å². The predicted octanol–water partition coefficient (Wildman–Crippen LogP) is 2.35. The molecule has 4 atom stereocenters. The minimum atomic E-state index is 0.412. The summed E-state index contributed by atoms with van der Waals surface area (Å²) in [7, 11) is 1.82. The van der Waals surface area contributed by atoms with E-state index in [-0.39, 0.29) is 0 Å². The van der Waals surface area contributed by atoms with Gasteiger partial charge in [-0.3, -0.25) is 0 Å². The Balaban J connectivity index is 1.78. The van der Waals surface area contributed by atoms with Crippen molar-refractivity contribution in [3.8, 4) is 0 Å². The number of rotatable bonds is 4. The van der Waals surface area contributed by atoms with Gasteiger partial charge in [-0.2, -0.15) is 0 Å². The predicted molar refractivity (Wildman–Crippen MR) is 80.1 cm³/mol. The van der Waals surface area contributed by atoms with Crippen LogP contribution in [0.2, 0.25) is 0 Å². The van der Waals surface area contributed by atoms with Gasteiger partial charge in [0, 0.05) is 26.3 Å². The molecular weight excluding hydrogens is 236 g/mol. The first-order chi connectivity index (χ1) is 9.10. The summed E-state index contributed by atoms with van der Waals surface area (Å²) in [6, 6.07) is 0.412. The van der Waals surface area contributed by atoms with Crippen LogP contribution < -0.4 is 5.73 Å². The highest BCUT2D eigenvalue weighted by Gasteiger charge is 2.33.